The van der Waals surface area contributed by atoms with Crippen molar-refractivity contribution in [1.82, 2.24) is 0 Å². The Balaban J connectivity index is 0.000000840. The van der Waals surface area contributed by atoms with Crippen molar-refractivity contribution in [3.05, 3.63) is 95.3 Å². The second-order valence-electron chi connectivity index (χ2n) is 17.2. The Morgan fingerprint density at radius 1 is 0.556 bits per heavy atom. The van der Waals surface area contributed by atoms with Crippen molar-refractivity contribution < 1.29 is 47.6 Å². The van der Waals surface area contributed by atoms with Gasteiger partial charge < -0.3 is 35.7 Å². The number of fused-ring (bicyclic) bond motifs is 2. The molecule has 0 atom stereocenters. The Kier molecular flexibility index (Phi) is 38.5. The minimum Gasteiger partial charge on any atom is -0.423 e. The van der Waals surface area contributed by atoms with E-state index in [4.69, 9.17) is 18.7 Å². The third kappa shape index (κ3) is 31.8. The van der Waals surface area contributed by atoms with E-state index in [0.29, 0.717) is 5.46 Å². The smallest absolute Gasteiger partial charge is 0.423 e. The Bertz CT molecular complexity index is 1640. The van der Waals surface area contributed by atoms with Gasteiger partial charge in [0, 0.05) is 36.0 Å². The molecule has 0 saturated carbocycles. The molecule has 0 unspecified atom stereocenters. The van der Waals surface area contributed by atoms with E-state index < -0.39 is 14.4 Å². The summed E-state index contributed by atoms with van der Waals surface area (Å²) in [5.74, 6) is 0. The molecule has 0 aliphatic carbocycles. The number of aryl methyl sites for hydroxylation is 2. The average molecular weight is 928 g/mol. The van der Waals surface area contributed by atoms with Crippen LogP contribution in [-0.2, 0) is 31.5 Å². The van der Waals surface area contributed by atoms with Gasteiger partial charge in [0.05, 0.1) is 0 Å². The summed E-state index contributed by atoms with van der Waals surface area (Å²) in [5.41, 5.74) is 3.40. The average Bonchev–Trinajstić information content (AvgIpc) is 3.84. The summed E-state index contributed by atoms with van der Waals surface area (Å²) in [7, 11) is -1.93. The number of rotatable bonds is 22. The quantitative estimate of drug-likeness (QED) is 0.0465. The first-order chi connectivity index (χ1) is 29.8. The van der Waals surface area contributed by atoms with Gasteiger partial charge in [0.25, 0.3) is 0 Å². The summed E-state index contributed by atoms with van der Waals surface area (Å²) >= 11 is 3.52. The first-order valence-electron chi connectivity index (χ1n) is 24.2. The summed E-state index contributed by atoms with van der Waals surface area (Å²) in [6.45, 7) is 24.0. The predicted octanol–water partition coefficient (Wildman–Crippen LogP) is 11.6. The largest absolute Gasteiger partial charge is 1.00 e. The first kappa shape index (κ1) is 61.4. The Morgan fingerprint density at radius 3 is 1.32 bits per heavy atom. The van der Waals surface area contributed by atoms with Gasteiger partial charge in [0.1, 0.15) is 0 Å². The van der Waals surface area contributed by atoms with Crippen LogP contribution in [0.5, 0.6) is 0 Å². The molecule has 10 heteroatoms. The molecular weight excluding hydrogens is 841 g/mol. The molecule has 0 bridgehead atoms. The third-order valence-corrected chi connectivity index (χ3v) is 10.6. The SMILES string of the molecule is C1CCOC1.CC(C)OB(OC(C)C)OC(C)C.CCCCCCCCc1ccc2cc(B(O)O)ccc2c1.CCCCCCCCc1ccc2cc(Br)ccc2c1.[CH2-]CCC.[Li+]. The minimum absolute atomic E-state index is 0. The zero-order valence-electron chi connectivity index (χ0n) is 41.6. The molecule has 1 fully saturated rings. The second kappa shape index (κ2) is 39.5. The Labute approximate surface area is 407 Å². The first-order valence-corrected chi connectivity index (χ1v) is 25.0. The van der Waals surface area contributed by atoms with Crippen LogP contribution in [0.25, 0.3) is 21.5 Å². The molecule has 4 aromatic carbocycles. The van der Waals surface area contributed by atoms with Gasteiger partial charge in [-0.3, -0.25) is 0 Å². The monoisotopic (exact) mass is 927 g/mol. The van der Waals surface area contributed by atoms with Gasteiger partial charge in [-0.2, -0.15) is 6.42 Å². The number of hydrogen-bond acceptors (Lipinski definition) is 6. The third-order valence-electron chi connectivity index (χ3n) is 10.1. The van der Waals surface area contributed by atoms with Crippen molar-refractivity contribution in [2.45, 2.75) is 196 Å². The Hall–Kier alpha value is -1.63. The second-order valence-corrected chi connectivity index (χ2v) is 18.1. The molecule has 0 spiro atoms. The number of halogens is 1. The fourth-order valence-electron chi connectivity index (χ4n) is 6.54. The van der Waals surface area contributed by atoms with Crippen LogP contribution in [0.3, 0.4) is 0 Å². The maximum Gasteiger partial charge on any atom is 1.00 e. The van der Waals surface area contributed by atoms with Crippen LogP contribution in [-0.4, -0.2) is 56.0 Å². The fourth-order valence-corrected chi connectivity index (χ4v) is 6.92. The van der Waals surface area contributed by atoms with E-state index in [1.54, 1.807) is 6.07 Å². The van der Waals surface area contributed by atoms with Crippen LogP contribution >= 0.6 is 15.9 Å². The van der Waals surface area contributed by atoms with Gasteiger partial charge >= 0.3 is 33.3 Å². The van der Waals surface area contributed by atoms with Crippen LogP contribution in [0, 0.1) is 6.92 Å². The number of unbranched alkanes of at least 4 members (excludes halogenated alkanes) is 11. The molecule has 0 radical (unpaired) electrons. The van der Waals surface area contributed by atoms with E-state index in [0.717, 1.165) is 35.9 Å². The van der Waals surface area contributed by atoms with E-state index in [2.05, 4.69) is 98.2 Å². The van der Waals surface area contributed by atoms with Gasteiger partial charge in [-0.1, -0.05) is 168 Å². The van der Waals surface area contributed by atoms with Crippen LogP contribution in [0.15, 0.2) is 77.3 Å². The topological polar surface area (TPSA) is 77.4 Å². The zero-order chi connectivity index (χ0) is 46.0. The van der Waals surface area contributed by atoms with Crippen LogP contribution in [0.4, 0.5) is 0 Å². The molecule has 1 aliphatic rings. The van der Waals surface area contributed by atoms with E-state index in [9.17, 15) is 10.0 Å². The normalized spacial score (nSPS) is 11.8. The van der Waals surface area contributed by atoms with Crippen LogP contribution in [0.2, 0.25) is 0 Å². The molecule has 1 aliphatic heterocycles. The van der Waals surface area contributed by atoms with Gasteiger partial charge in [0.2, 0.25) is 0 Å². The summed E-state index contributed by atoms with van der Waals surface area (Å²) in [6.07, 6.45) is 23.7. The number of ether oxygens (including phenoxy) is 1. The van der Waals surface area contributed by atoms with Crippen molar-refractivity contribution in [2.24, 2.45) is 0 Å². The predicted molar refractivity (Wildman–Crippen MR) is 274 cm³/mol. The number of benzene rings is 4. The molecule has 6 nitrogen and oxygen atoms in total. The summed E-state index contributed by atoms with van der Waals surface area (Å²) in [6, 6.07) is 25.4. The fraction of sp³-hybridized carbons (Fsp3) is 0.604. The van der Waals surface area contributed by atoms with Crippen LogP contribution in [0.1, 0.15) is 176 Å². The van der Waals surface area contributed by atoms with Crippen molar-refractivity contribution in [1.29, 1.82) is 0 Å². The van der Waals surface area contributed by atoms with E-state index in [-0.39, 0.29) is 37.2 Å². The molecule has 348 valence electrons. The molecular formula is C53H86B2BrLiO6. The van der Waals surface area contributed by atoms with E-state index >= 15 is 0 Å². The molecule has 2 N–H and O–H groups in total. The molecule has 5 rings (SSSR count). The van der Waals surface area contributed by atoms with Crippen LogP contribution < -0.4 is 24.3 Å². The van der Waals surface area contributed by atoms with Crippen molar-refractivity contribution in [3.63, 3.8) is 0 Å². The molecule has 1 saturated heterocycles. The molecule has 4 aromatic rings. The van der Waals surface area contributed by atoms with Gasteiger partial charge in [-0.05, 0) is 130 Å². The van der Waals surface area contributed by atoms with Crippen molar-refractivity contribution in [3.8, 4) is 0 Å². The summed E-state index contributed by atoms with van der Waals surface area (Å²) < 4.78 is 22.4. The van der Waals surface area contributed by atoms with E-state index in [1.165, 1.54) is 130 Å². The minimum atomic E-state index is -1.39. The molecule has 0 aromatic heterocycles. The molecule has 63 heavy (non-hydrogen) atoms. The van der Waals surface area contributed by atoms with Crippen molar-refractivity contribution >= 4 is 57.4 Å². The van der Waals surface area contributed by atoms with Gasteiger partial charge in [-0.15, -0.1) is 0 Å². The number of hydrogen-bond donors (Lipinski definition) is 2. The standard InChI is InChI=1S/C18H25BO2.C18H23Br.C9H21BO3.C4H8O.C4H9.Li/c1-2-3-4-5-6-7-8-15-9-10-17-14-18(19(20)21)12-11-16(17)13-15;1-2-3-4-5-6-7-8-15-9-10-17-14-18(19)12-11-16(17)13-15;1-7(2)11-10(12-8(3)4)13-9(5)6;1-2-4-5-3-1;1-3-4-2;/h9-14,20-21H,2-8H2,1H3;9-14H,2-8H2,1H3;7-9H,1-6H3;1-4H2;1,3-4H2,2H3;/q;;;;-1;+1. The van der Waals surface area contributed by atoms with Gasteiger partial charge in [0.15, 0.2) is 0 Å². The zero-order valence-corrected chi connectivity index (χ0v) is 43.2. The summed E-state index contributed by atoms with van der Waals surface area (Å²) in [4.78, 5) is 0. The van der Waals surface area contributed by atoms with Gasteiger partial charge in [-0.25, -0.2) is 0 Å². The molecule has 1 heterocycles. The van der Waals surface area contributed by atoms with E-state index in [1.807, 2.05) is 53.7 Å². The summed E-state index contributed by atoms with van der Waals surface area (Å²) in [5, 5.41) is 23.3. The Morgan fingerprint density at radius 2 is 0.937 bits per heavy atom. The maximum atomic E-state index is 9.20. The molecule has 0 amide bonds. The maximum absolute atomic E-state index is 9.20. The van der Waals surface area contributed by atoms with Crippen molar-refractivity contribution in [2.75, 3.05) is 13.2 Å².